The van der Waals surface area contributed by atoms with Gasteiger partial charge in [-0.2, -0.15) is 0 Å². The largest absolute Gasteiger partial charge is 0.491 e. The molecular formula is C45H58Cl2N4O9. The van der Waals surface area contributed by atoms with Crippen LogP contribution in [-0.4, -0.2) is 106 Å². The van der Waals surface area contributed by atoms with Crippen molar-refractivity contribution in [3.63, 3.8) is 0 Å². The van der Waals surface area contributed by atoms with E-state index in [0.717, 1.165) is 81.4 Å². The third-order valence-corrected chi connectivity index (χ3v) is 10.9. The van der Waals surface area contributed by atoms with Gasteiger partial charge >= 0.3 is 0 Å². The van der Waals surface area contributed by atoms with E-state index >= 15 is 0 Å². The molecule has 2 fully saturated rings. The summed E-state index contributed by atoms with van der Waals surface area (Å²) in [5, 5.41) is 1.02. The molecule has 0 radical (unpaired) electrons. The average molecular weight is 870 g/mol. The lowest BCUT2D eigenvalue weighted by Gasteiger charge is -2.35. The average Bonchev–Trinajstić information content (AvgIpc) is 4.04. The van der Waals surface area contributed by atoms with Crippen LogP contribution in [0.5, 0.6) is 17.2 Å². The number of carbonyl (C=O) groups excluding carboxylic acids is 1. The molecule has 1 aromatic heterocycles. The number of piperazine rings is 1. The molecule has 0 aliphatic carbocycles. The molecule has 7 rings (SSSR count). The van der Waals surface area contributed by atoms with Crippen LogP contribution in [-0.2, 0) is 53.8 Å². The molecule has 0 spiro atoms. The standard InChI is InChI=1S/C26H28Cl2N4O4.C19H30O5/c1-19(33)31-10-12-32(13-11-31)21-3-5-22(6-4-21)34-15-23-16-35-26(36-23,17-30-9-8-29-18-30)24-7-2-20(27)14-25(24)28;1-3-5-7-20-8-9-21-10-11-22-14-17-13-19-18(23-15-24-19)12-16(17)6-4-2/h2-9,14,18,23H,10-13,15-17H2,1H3;12-13H,3-11,14-15H2,1-2H3/t23-,26-;/m0./s1. The predicted octanol–water partition coefficient (Wildman–Crippen LogP) is 7.92. The summed E-state index contributed by atoms with van der Waals surface area (Å²) in [6.45, 7) is 14.3. The van der Waals surface area contributed by atoms with Gasteiger partial charge in [0.25, 0.3) is 0 Å². The smallest absolute Gasteiger partial charge is 0.231 e. The van der Waals surface area contributed by atoms with Crippen LogP contribution in [0.4, 0.5) is 5.69 Å². The number of aryl methyl sites for hydroxylation is 1. The molecule has 0 saturated carbocycles. The highest BCUT2D eigenvalue weighted by molar-refractivity contribution is 6.35. The highest BCUT2D eigenvalue weighted by Gasteiger charge is 2.45. The van der Waals surface area contributed by atoms with E-state index in [-0.39, 0.29) is 12.0 Å². The minimum atomic E-state index is -1.08. The van der Waals surface area contributed by atoms with Crippen molar-refractivity contribution in [1.82, 2.24) is 14.5 Å². The number of carbonyl (C=O) groups is 1. The maximum absolute atomic E-state index is 11.6. The van der Waals surface area contributed by atoms with Gasteiger partial charge in [-0.15, -0.1) is 0 Å². The Labute approximate surface area is 363 Å². The number of benzene rings is 3. The molecule has 3 aliphatic heterocycles. The molecule has 0 bridgehead atoms. The number of hydrogen-bond acceptors (Lipinski definition) is 11. The Morgan fingerprint density at radius 1 is 0.867 bits per heavy atom. The number of fused-ring (bicyclic) bond motifs is 1. The van der Waals surface area contributed by atoms with Crippen LogP contribution in [0.3, 0.4) is 0 Å². The van der Waals surface area contributed by atoms with Gasteiger partial charge < -0.3 is 52.3 Å². The van der Waals surface area contributed by atoms with Crippen LogP contribution in [0.25, 0.3) is 0 Å². The maximum atomic E-state index is 11.6. The SMILES string of the molecule is CC(=O)N1CCN(c2ccc(OC[C@H]3CO[C@](Cn4ccnc4)(c4ccc(Cl)cc4Cl)O3)cc2)CC1.CCCCOCCOCCOCc1cc2c(cc1CCC)OCO2. The van der Waals surface area contributed by atoms with E-state index in [4.69, 9.17) is 61.1 Å². The number of imidazole rings is 1. The Hall–Kier alpha value is -4.08. The fraction of sp³-hybridized carbons (Fsp3) is 0.511. The second-order valence-electron chi connectivity index (χ2n) is 14.8. The fourth-order valence-corrected chi connectivity index (χ4v) is 7.68. The lowest BCUT2D eigenvalue weighted by molar-refractivity contribution is -0.189. The van der Waals surface area contributed by atoms with Gasteiger partial charge in [-0.05, 0) is 72.5 Å². The van der Waals surface area contributed by atoms with Crippen LogP contribution >= 0.6 is 23.2 Å². The van der Waals surface area contributed by atoms with Gasteiger partial charge in [0, 0.05) is 68.4 Å². The Balaban J connectivity index is 0.000000219. The highest BCUT2D eigenvalue weighted by atomic mass is 35.5. The van der Waals surface area contributed by atoms with E-state index in [1.165, 1.54) is 11.1 Å². The van der Waals surface area contributed by atoms with Crippen LogP contribution in [0.1, 0.15) is 56.7 Å². The summed E-state index contributed by atoms with van der Waals surface area (Å²) in [6, 6.07) is 17.4. The van der Waals surface area contributed by atoms with Gasteiger partial charge in [0.1, 0.15) is 18.5 Å². The van der Waals surface area contributed by atoms with Crippen LogP contribution in [0.2, 0.25) is 10.0 Å². The van der Waals surface area contributed by atoms with E-state index in [1.807, 2.05) is 52.1 Å². The molecule has 2 atom stereocenters. The molecular weight excluding hydrogens is 811 g/mol. The van der Waals surface area contributed by atoms with Gasteiger partial charge in [0.2, 0.25) is 18.5 Å². The number of ether oxygens (including phenoxy) is 8. The van der Waals surface area contributed by atoms with E-state index < -0.39 is 5.79 Å². The zero-order chi connectivity index (χ0) is 42.2. The van der Waals surface area contributed by atoms with Crippen molar-refractivity contribution in [1.29, 1.82) is 0 Å². The second kappa shape index (κ2) is 23.2. The number of anilines is 1. The maximum Gasteiger partial charge on any atom is 0.231 e. The lowest BCUT2D eigenvalue weighted by atomic mass is 10.0. The Morgan fingerprint density at radius 2 is 1.58 bits per heavy atom. The van der Waals surface area contributed by atoms with Crippen LogP contribution in [0, 0.1) is 0 Å². The Bertz CT molecular complexity index is 1910. The van der Waals surface area contributed by atoms with Gasteiger partial charge in [0.05, 0.1) is 57.5 Å². The molecule has 4 heterocycles. The summed E-state index contributed by atoms with van der Waals surface area (Å²) in [5.74, 6) is 1.45. The first-order chi connectivity index (χ1) is 29.3. The van der Waals surface area contributed by atoms with Crippen molar-refractivity contribution in [2.24, 2.45) is 0 Å². The molecule has 326 valence electrons. The normalized spacial score (nSPS) is 18.4. The highest BCUT2D eigenvalue weighted by Crippen LogP contribution is 2.41. The number of rotatable bonds is 20. The molecule has 60 heavy (non-hydrogen) atoms. The Kier molecular flexibility index (Phi) is 17.6. The summed E-state index contributed by atoms with van der Waals surface area (Å²) in [5.41, 5.74) is 4.26. The van der Waals surface area contributed by atoms with E-state index in [0.29, 0.717) is 75.2 Å². The van der Waals surface area contributed by atoms with E-state index in [1.54, 1.807) is 31.6 Å². The molecule has 2 saturated heterocycles. The minimum absolute atomic E-state index is 0.129. The number of nitrogens with zero attached hydrogens (tertiary/aromatic N) is 4. The summed E-state index contributed by atoms with van der Waals surface area (Å²) >= 11 is 12.7. The molecule has 15 heteroatoms. The van der Waals surface area contributed by atoms with Crippen molar-refractivity contribution < 1.29 is 42.7 Å². The van der Waals surface area contributed by atoms with Gasteiger partial charge in [0.15, 0.2) is 11.5 Å². The number of aromatic nitrogens is 2. The van der Waals surface area contributed by atoms with Crippen molar-refractivity contribution in [2.45, 2.75) is 71.5 Å². The zero-order valence-corrected chi connectivity index (χ0v) is 36.5. The van der Waals surface area contributed by atoms with Gasteiger partial charge in [-0.3, -0.25) is 4.79 Å². The van der Waals surface area contributed by atoms with Crippen molar-refractivity contribution in [3.8, 4) is 17.2 Å². The van der Waals surface area contributed by atoms with E-state index in [2.05, 4.69) is 29.8 Å². The molecule has 3 aliphatic rings. The summed E-state index contributed by atoms with van der Waals surface area (Å²) in [6.07, 6.45) is 9.36. The number of amides is 1. The first-order valence-corrected chi connectivity index (χ1v) is 21.6. The lowest BCUT2D eigenvalue weighted by Crippen LogP contribution is -2.48. The third kappa shape index (κ3) is 13.0. The fourth-order valence-electron chi connectivity index (χ4n) is 7.13. The molecule has 0 unspecified atom stereocenters. The molecule has 4 aromatic rings. The number of hydrogen-bond donors (Lipinski definition) is 0. The minimum Gasteiger partial charge on any atom is -0.491 e. The first kappa shape index (κ1) is 45.4. The summed E-state index contributed by atoms with van der Waals surface area (Å²) in [4.78, 5) is 19.8. The van der Waals surface area contributed by atoms with Crippen molar-refractivity contribution in [3.05, 3.63) is 100 Å². The van der Waals surface area contributed by atoms with E-state index in [9.17, 15) is 4.79 Å². The summed E-state index contributed by atoms with van der Waals surface area (Å²) < 4.78 is 48.2. The number of unbranched alkanes of at least 4 members (excludes halogenated alkanes) is 1. The molecule has 13 nitrogen and oxygen atoms in total. The topological polar surface area (TPSA) is 115 Å². The molecule has 3 aromatic carbocycles. The zero-order valence-electron chi connectivity index (χ0n) is 35.0. The van der Waals surface area contributed by atoms with Crippen molar-refractivity contribution in [2.75, 3.05) is 84.1 Å². The Morgan fingerprint density at radius 3 is 2.25 bits per heavy atom. The second-order valence-corrected chi connectivity index (χ2v) is 15.7. The van der Waals surface area contributed by atoms with Crippen molar-refractivity contribution >= 4 is 34.8 Å². The van der Waals surface area contributed by atoms with Gasteiger partial charge in [-0.25, -0.2) is 4.98 Å². The molecule has 1 amide bonds. The van der Waals surface area contributed by atoms with Gasteiger partial charge in [-0.1, -0.05) is 56.0 Å². The van der Waals surface area contributed by atoms with Crippen LogP contribution < -0.4 is 19.1 Å². The molecule has 0 N–H and O–H groups in total. The third-order valence-electron chi connectivity index (χ3n) is 10.4. The number of halogens is 2. The quantitative estimate of drug-likeness (QED) is 0.0808. The monoisotopic (exact) mass is 868 g/mol. The summed E-state index contributed by atoms with van der Waals surface area (Å²) in [7, 11) is 0. The predicted molar refractivity (Wildman–Crippen MR) is 230 cm³/mol. The van der Waals surface area contributed by atoms with Crippen LogP contribution in [0.15, 0.2) is 73.3 Å². The first-order valence-electron chi connectivity index (χ1n) is 20.9.